The molecule has 1 aliphatic carbocycles. The van der Waals surface area contributed by atoms with Crippen LogP contribution in [0.5, 0.6) is 0 Å². The lowest BCUT2D eigenvalue weighted by Crippen LogP contribution is -2.29. The lowest BCUT2D eigenvalue weighted by molar-refractivity contribution is 0.232. The molecular weight excluding hydrogens is 208 g/mol. The molecule has 3 N–H and O–H groups in total. The van der Waals surface area contributed by atoms with Crippen molar-refractivity contribution in [2.24, 2.45) is 5.41 Å². The molecule has 2 rings (SSSR count). The van der Waals surface area contributed by atoms with Gasteiger partial charge in [-0.25, -0.2) is 0 Å². The van der Waals surface area contributed by atoms with Crippen LogP contribution >= 0.6 is 11.5 Å². The van der Waals surface area contributed by atoms with Gasteiger partial charge in [-0.1, -0.05) is 13.8 Å². The van der Waals surface area contributed by atoms with Crippen molar-refractivity contribution in [1.82, 2.24) is 9.36 Å². The quantitative estimate of drug-likeness (QED) is 0.813. The molecule has 0 unspecified atom stereocenters. The van der Waals surface area contributed by atoms with Gasteiger partial charge in [0, 0.05) is 17.6 Å². The maximum Gasteiger partial charge on any atom is 0.233 e. The average molecular weight is 226 g/mol. The van der Waals surface area contributed by atoms with Crippen molar-refractivity contribution in [3.8, 4) is 0 Å². The molecule has 0 amide bonds. The van der Waals surface area contributed by atoms with Crippen LogP contribution in [0.25, 0.3) is 0 Å². The second kappa shape index (κ2) is 3.96. The van der Waals surface area contributed by atoms with E-state index in [1.165, 1.54) is 37.2 Å². The second-order valence-corrected chi connectivity index (χ2v) is 5.79. The SMILES string of the molecule is CC1(C)CCC(Nc2nc(N)ns2)CC1. The maximum absolute atomic E-state index is 5.47. The first-order chi connectivity index (χ1) is 7.05. The minimum absolute atomic E-state index is 0.374. The number of nitrogens with one attached hydrogen (secondary N) is 1. The lowest BCUT2D eigenvalue weighted by atomic mass is 9.76. The highest BCUT2D eigenvalue weighted by Crippen LogP contribution is 2.36. The molecule has 0 saturated heterocycles. The van der Waals surface area contributed by atoms with Gasteiger partial charge in [0.05, 0.1) is 0 Å². The molecule has 0 aromatic carbocycles. The first-order valence-electron chi connectivity index (χ1n) is 5.41. The van der Waals surface area contributed by atoms with Crippen molar-refractivity contribution in [3.05, 3.63) is 0 Å². The van der Waals surface area contributed by atoms with E-state index in [2.05, 4.69) is 28.5 Å². The summed E-state index contributed by atoms with van der Waals surface area (Å²) in [7, 11) is 0. The number of anilines is 2. The predicted molar refractivity (Wildman–Crippen MR) is 64.0 cm³/mol. The number of aromatic nitrogens is 2. The van der Waals surface area contributed by atoms with Gasteiger partial charge >= 0.3 is 0 Å². The first-order valence-corrected chi connectivity index (χ1v) is 6.18. The monoisotopic (exact) mass is 226 g/mol. The molecule has 0 radical (unpaired) electrons. The largest absolute Gasteiger partial charge is 0.367 e. The summed E-state index contributed by atoms with van der Waals surface area (Å²) in [5.41, 5.74) is 5.99. The van der Waals surface area contributed by atoms with E-state index in [1.807, 2.05) is 0 Å². The Morgan fingerprint density at radius 3 is 2.60 bits per heavy atom. The van der Waals surface area contributed by atoms with E-state index in [0.717, 1.165) is 5.13 Å². The Labute approximate surface area is 94.5 Å². The molecule has 4 nitrogen and oxygen atoms in total. The Hall–Kier alpha value is -0.840. The summed E-state index contributed by atoms with van der Waals surface area (Å²) in [4.78, 5) is 4.12. The number of nitrogens with zero attached hydrogens (tertiary/aromatic N) is 2. The zero-order chi connectivity index (χ0) is 10.9. The summed E-state index contributed by atoms with van der Waals surface area (Å²) in [6.45, 7) is 4.68. The van der Waals surface area contributed by atoms with E-state index in [0.29, 0.717) is 17.4 Å². The van der Waals surface area contributed by atoms with Gasteiger partial charge < -0.3 is 11.1 Å². The van der Waals surface area contributed by atoms with Crippen LogP contribution in [-0.4, -0.2) is 15.4 Å². The zero-order valence-corrected chi connectivity index (χ0v) is 10.1. The molecule has 5 heteroatoms. The van der Waals surface area contributed by atoms with Crippen molar-refractivity contribution >= 4 is 22.6 Å². The number of nitrogens with two attached hydrogens (primary N) is 1. The van der Waals surface area contributed by atoms with Gasteiger partial charge in [-0.2, -0.15) is 9.36 Å². The Balaban J connectivity index is 1.87. The van der Waals surface area contributed by atoms with E-state index in [-0.39, 0.29) is 0 Å². The van der Waals surface area contributed by atoms with Crippen molar-refractivity contribution in [2.45, 2.75) is 45.6 Å². The summed E-state index contributed by atoms with van der Waals surface area (Å²) in [6.07, 6.45) is 4.98. The molecule has 1 aliphatic rings. The average Bonchev–Trinajstić information content (AvgIpc) is 2.55. The third-order valence-electron chi connectivity index (χ3n) is 3.11. The second-order valence-electron chi connectivity index (χ2n) is 5.04. The minimum atomic E-state index is 0.374. The fraction of sp³-hybridized carbons (Fsp3) is 0.800. The molecule has 1 aromatic heterocycles. The Bertz CT molecular complexity index is 324. The van der Waals surface area contributed by atoms with Crippen molar-refractivity contribution < 1.29 is 0 Å². The molecule has 0 atom stereocenters. The molecule has 15 heavy (non-hydrogen) atoms. The zero-order valence-electron chi connectivity index (χ0n) is 9.29. The molecule has 1 fully saturated rings. The first kappa shape index (κ1) is 10.7. The normalized spacial score (nSPS) is 21.5. The summed E-state index contributed by atoms with van der Waals surface area (Å²) < 4.78 is 3.96. The van der Waals surface area contributed by atoms with Crippen LogP contribution in [0.1, 0.15) is 39.5 Å². The summed E-state index contributed by atoms with van der Waals surface area (Å²) in [5, 5.41) is 4.26. The molecule has 1 heterocycles. The van der Waals surface area contributed by atoms with Crippen LogP contribution in [0.2, 0.25) is 0 Å². The van der Waals surface area contributed by atoms with Crippen LogP contribution in [-0.2, 0) is 0 Å². The van der Waals surface area contributed by atoms with Crippen LogP contribution in [0.3, 0.4) is 0 Å². The van der Waals surface area contributed by atoms with Crippen molar-refractivity contribution in [2.75, 3.05) is 11.1 Å². The van der Waals surface area contributed by atoms with Gasteiger partial charge in [-0.05, 0) is 31.1 Å². The minimum Gasteiger partial charge on any atom is -0.367 e. The number of hydrogen-bond acceptors (Lipinski definition) is 5. The van der Waals surface area contributed by atoms with Crippen LogP contribution < -0.4 is 11.1 Å². The highest BCUT2D eigenvalue weighted by Gasteiger charge is 2.26. The highest BCUT2D eigenvalue weighted by molar-refractivity contribution is 7.09. The highest BCUT2D eigenvalue weighted by atomic mass is 32.1. The lowest BCUT2D eigenvalue weighted by Gasteiger charge is -2.34. The van der Waals surface area contributed by atoms with E-state index >= 15 is 0 Å². The Morgan fingerprint density at radius 1 is 1.40 bits per heavy atom. The Kier molecular flexibility index (Phi) is 2.82. The van der Waals surface area contributed by atoms with Gasteiger partial charge in [0.2, 0.25) is 11.1 Å². The van der Waals surface area contributed by atoms with Crippen molar-refractivity contribution in [1.29, 1.82) is 0 Å². The van der Waals surface area contributed by atoms with Gasteiger partial charge in [-0.3, -0.25) is 0 Å². The molecular formula is C10H18N4S. The summed E-state index contributed by atoms with van der Waals surface area (Å²) >= 11 is 1.35. The van der Waals surface area contributed by atoms with Crippen LogP contribution in [0.4, 0.5) is 11.1 Å². The van der Waals surface area contributed by atoms with Gasteiger partial charge in [-0.15, -0.1) is 0 Å². The molecule has 0 aliphatic heterocycles. The fourth-order valence-electron chi connectivity index (χ4n) is 2.01. The van der Waals surface area contributed by atoms with Crippen LogP contribution in [0.15, 0.2) is 0 Å². The van der Waals surface area contributed by atoms with Crippen molar-refractivity contribution in [3.63, 3.8) is 0 Å². The maximum atomic E-state index is 5.47. The Morgan fingerprint density at radius 2 is 2.07 bits per heavy atom. The molecule has 0 spiro atoms. The van der Waals surface area contributed by atoms with Gasteiger partial charge in [0.1, 0.15) is 0 Å². The smallest absolute Gasteiger partial charge is 0.233 e. The van der Waals surface area contributed by atoms with E-state index in [9.17, 15) is 0 Å². The molecule has 1 saturated carbocycles. The van der Waals surface area contributed by atoms with E-state index in [4.69, 9.17) is 5.73 Å². The van der Waals surface area contributed by atoms with E-state index in [1.54, 1.807) is 0 Å². The number of hydrogen-bond donors (Lipinski definition) is 2. The predicted octanol–water partition coefficient (Wildman–Crippen LogP) is 2.50. The fourth-order valence-corrected chi connectivity index (χ4v) is 2.59. The number of nitrogen functional groups attached to an aromatic ring is 1. The third kappa shape index (κ3) is 2.81. The topological polar surface area (TPSA) is 63.8 Å². The van der Waals surface area contributed by atoms with Crippen LogP contribution in [0, 0.1) is 5.41 Å². The molecule has 0 bridgehead atoms. The van der Waals surface area contributed by atoms with Gasteiger partial charge in [0.25, 0.3) is 0 Å². The summed E-state index contributed by atoms with van der Waals surface area (Å²) in [6, 6.07) is 0.547. The van der Waals surface area contributed by atoms with E-state index < -0.39 is 0 Å². The third-order valence-corrected chi connectivity index (χ3v) is 3.77. The molecule has 1 aromatic rings. The standard InChI is InChI=1S/C10H18N4S/c1-10(2)5-3-7(4-6-10)12-9-13-8(11)14-15-9/h7H,3-6H2,1-2H3,(H3,11,12,13,14). The molecule has 84 valence electrons. The van der Waals surface area contributed by atoms with Gasteiger partial charge in [0.15, 0.2) is 0 Å². The summed E-state index contributed by atoms with van der Waals surface area (Å²) in [5.74, 6) is 0.374. The number of rotatable bonds is 2.